The molecule has 6 nitrogen and oxygen atoms in total. The Bertz CT molecular complexity index is 1120. The molecule has 0 unspecified atom stereocenters. The number of benzene rings is 3. The number of carbonyl (C=O) groups excluding carboxylic acids is 1. The van der Waals surface area contributed by atoms with Crippen LogP contribution in [0.1, 0.15) is 17.0 Å². The molecule has 7 heteroatoms. The first-order valence-electron chi connectivity index (χ1n) is 10.2. The molecule has 1 aromatic heterocycles. The predicted octanol–water partition coefficient (Wildman–Crippen LogP) is 5.72. The predicted molar refractivity (Wildman–Crippen MR) is 125 cm³/mol. The maximum absolute atomic E-state index is 13.1. The Kier molecular flexibility index (Phi) is 6.87. The summed E-state index contributed by atoms with van der Waals surface area (Å²) in [5.41, 5.74) is 3.86. The monoisotopic (exact) mass is 445 g/mol. The van der Waals surface area contributed by atoms with E-state index in [9.17, 15) is 4.79 Å². The van der Waals surface area contributed by atoms with Gasteiger partial charge in [-0.3, -0.25) is 9.69 Å². The summed E-state index contributed by atoms with van der Waals surface area (Å²) >= 11 is 1.21. The molecule has 0 radical (unpaired) electrons. The quantitative estimate of drug-likeness (QED) is 0.323. The molecule has 0 fully saturated rings. The summed E-state index contributed by atoms with van der Waals surface area (Å²) in [4.78, 5) is 14.8. The van der Waals surface area contributed by atoms with Gasteiger partial charge in [-0.2, -0.15) is 0 Å². The number of rotatable bonds is 8. The highest BCUT2D eigenvalue weighted by molar-refractivity contribution is 7.99. The second kappa shape index (κ2) is 10.2. The van der Waals surface area contributed by atoms with Gasteiger partial charge in [0.05, 0.1) is 5.75 Å². The molecule has 3 aromatic carbocycles. The lowest BCUT2D eigenvalue weighted by atomic mass is 10.1. The Hall–Kier alpha value is -3.58. The molecule has 0 bridgehead atoms. The summed E-state index contributed by atoms with van der Waals surface area (Å²) < 4.78 is 11.4. The normalized spacial score (nSPS) is 10.7. The third-order valence-electron chi connectivity index (χ3n) is 4.60. The van der Waals surface area contributed by atoms with E-state index in [-0.39, 0.29) is 18.3 Å². The highest BCUT2D eigenvalue weighted by atomic mass is 32.2. The van der Waals surface area contributed by atoms with Crippen LogP contribution in [0.4, 0.5) is 11.4 Å². The molecule has 0 saturated heterocycles. The maximum atomic E-state index is 13.1. The number of hydrogen-bond donors (Lipinski definition) is 0. The van der Waals surface area contributed by atoms with Gasteiger partial charge in [0.2, 0.25) is 5.91 Å². The first kappa shape index (κ1) is 21.6. The van der Waals surface area contributed by atoms with E-state index < -0.39 is 0 Å². The van der Waals surface area contributed by atoms with Gasteiger partial charge in [-0.25, -0.2) is 0 Å². The van der Waals surface area contributed by atoms with Crippen molar-refractivity contribution in [3.05, 3.63) is 95.9 Å². The Morgan fingerprint density at radius 1 is 0.906 bits per heavy atom. The molecule has 0 aliphatic heterocycles. The first-order chi connectivity index (χ1) is 15.6. The molecular formula is C25H23N3O3S. The van der Waals surface area contributed by atoms with E-state index in [2.05, 4.69) is 16.3 Å². The molecule has 1 heterocycles. The largest absolute Gasteiger partial charge is 0.484 e. The van der Waals surface area contributed by atoms with E-state index >= 15 is 0 Å². The van der Waals surface area contributed by atoms with Gasteiger partial charge in [-0.15, -0.1) is 10.2 Å². The first-order valence-corrected chi connectivity index (χ1v) is 11.2. The van der Waals surface area contributed by atoms with Gasteiger partial charge in [0.25, 0.3) is 11.1 Å². The van der Waals surface area contributed by atoms with Gasteiger partial charge >= 0.3 is 0 Å². The minimum atomic E-state index is -0.0846. The maximum Gasteiger partial charge on any atom is 0.277 e. The van der Waals surface area contributed by atoms with Gasteiger partial charge < -0.3 is 9.15 Å². The van der Waals surface area contributed by atoms with Crippen molar-refractivity contribution in [3.63, 3.8) is 0 Å². The van der Waals surface area contributed by atoms with Crippen LogP contribution < -0.4 is 9.64 Å². The fourth-order valence-corrected chi connectivity index (χ4v) is 3.93. The number of amides is 1. The summed E-state index contributed by atoms with van der Waals surface area (Å²) in [5, 5.41) is 8.40. The average molecular weight is 446 g/mol. The summed E-state index contributed by atoms with van der Waals surface area (Å²) in [6.45, 7) is 4.21. The molecule has 1 amide bonds. The van der Waals surface area contributed by atoms with Crippen molar-refractivity contribution in [1.82, 2.24) is 10.2 Å². The van der Waals surface area contributed by atoms with Gasteiger partial charge in [-0.05, 0) is 61.4 Å². The summed E-state index contributed by atoms with van der Waals surface area (Å²) in [6.07, 6.45) is 0. The van der Waals surface area contributed by atoms with Crippen LogP contribution in [0.15, 0.2) is 88.5 Å². The van der Waals surface area contributed by atoms with Crippen molar-refractivity contribution >= 4 is 29.0 Å². The van der Waals surface area contributed by atoms with Crippen molar-refractivity contribution in [2.45, 2.75) is 25.7 Å². The second-order valence-corrected chi connectivity index (χ2v) is 8.19. The summed E-state index contributed by atoms with van der Waals surface area (Å²) in [6, 6.07) is 25.1. The second-order valence-electron chi connectivity index (χ2n) is 7.26. The van der Waals surface area contributed by atoms with Gasteiger partial charge in [0, 0.05) is 11.4 Å². The Labute approximate surface area is 191 Å². The number of ether oxygens (including phenoxy) is 1. The van der Waals surface area contributed by atoms with Crippen molar-refractivity contribution < 1.29 is 13.9 Å². The fourth-order valence-electron chi connectivity index (χ4n) is 3.30. The molecule has 0 N–H and O–H groups in total. The van der Waals surface area contributed by atoms with Crippen molar-refractivity contribution in [1.29, 1.82) is 0 Å². The number of aromatic nitrogens is 2. The van der Waals surface area contributed by atoms with E-state index in [1.165, 1.54) is 11.8 Å². The van der Waals surface area contributed by atoms with E-state index in [4.69, 9.17) is 9.15 Å². The number of hydrogen-bond acceptors (Lipinski definition) is 6. The lowest BCUT2D eigenvalue weighted by molar-refractivity contribution is -0.115. The van der Waals surface area contributed by atoms with Crippen LogP contribution in [-0.2, 0) is 11.4 Å². The zero-order valence-electron chi connectivity index (χ0n) is 17.9. The SMILES string of the molecule is Cc1cc(C)cc(OCc2nnc(SCC(=O)N(c3ccccc3)c3ccccc3)o2)c1. The van der Waals surface area contributed by atoms with Crippen LogP contribution in [0.5, 0.6) is 5.75 Å². The average Bonchev–Trinajstić information content (AvgIpc) is 3.25. The van der Waals surface area contributed by atoms with Crippen LogP contribution in [0, 0.1) is 13.8 Å². The topological polar surface area (TPSA) is 68.5 Å². The number of para-hydroxylation sites is 2. The number of thioether (sulfide) groups is 1. The van der Waals surface area contributed by atoms with Gasteiger partial charge in [0.15, 0.2) is 6.61 Å². The zero-order chi connectivity index (χ0) is 22.3. The number of nitrogens with zero attached hydrogens (tertiary/aromatic N) is 3. The third kappa shape index (κ3) is 5.56. The molecule has 0 spiro atoms. The molecule has 0 saturated carbocycles. The molecule has 32 heavy (non-hydrogen) atoms. The third-order valence-corrected chi connectivity index (χ3v) is 5.41. The van der Waals surface area contributed by atoms with Crippen LogP contribution in [0.2, 0.25) is 0 Å². The van der Waals surface area contributed by atoms with E-state index in [0.29, 0.717) is 11.1 Å². The van der Waals surface area contributed by atoms with E-state index in [0.717, 1.165) is 28.3 Å². The number of carbonyl (C=O) groups is 1. The molecule has 0 atom stereocenters. The minimum absolute atomic E-state index is 0.0846. The van der Waals surface area contributed by atoms with Gasteiger partial charge in [0.1, 0.15) is 5.75 Å². The molecule has 4 aromatic rings. The van der Waals surface area contributed by atoms with Crippen LogP contribution >= 0.6 is 11.8 Å². The lowest BCUT2D eigenvalue weighted by Crippen LogP contribution is -2.27. The van der Waals surface area contributed by atoms with Crippen LogP contribution in [0.3, 0.4) is 0 Å². The highest BCUT2D eigenvalue weighted by Crippen LogP contribution is 2.27. The standard InChI is InChI=1S/C25H23N3O3S/c1-18-13-19(2)15-22(14-18)30-16-23-26-27-25(31-23)32-17-24(29)28(20-9-5-3-6-10-20)21-11-7-4-8-12-21/h3-15H,16-17H2,1-2H3. The molecule has 162 valence electrons. The number of aryl methyl sites for hydroxylation is 2. The lowest BCUT2D eigenvalue weighted by Gasteiger charge is -2.22. The Balaban J connectivity index is 1.39. The van der Waals surface area contributed by atoms with Crippen LogP contribution in [0.25, 0.3) is 0 Å². The Morgan fingerprint density at radius 2 is 1.50 bits per heavy atom. The fraction of sp³-hybridized carbons (Fsp3) is 0.160. The van der Waals surface area contributed by atoms with Crippen molar-refractivity contribution in [3.8, 4) is 5.75 Å². The molecular weight excluding hydrogens is 422 g/mol. The van der Waals surface area contributed by atoms with E-state index in [1.807, 2.05) is 86.6 Å². The minimum Gasteiger partial charge on any atom is -0.484 e. The molecule has 0 aliphatic rings. The highest BCUT2D eigenvalue weighted by Gasteiger charge is 2.19. The van der Waals surface area contributed by atoms with Crippen molar-refractivity contribution in [2.24, 2.45) is 0 Å². The summed E-state index contributed by atoms with van der Waals surface area (Å²) in [7, 11) is 0. The van der Waals surface area contributed by atoms with Crippen molar-refractivity contribution in [2.75, 3.05) is 10.7 Å². The van der Waals surface area contributed by atoms with E-state index in [1.54, 1.807) is 4.90 Å². The molecule has 0 aliphatic carbocycles. The summed E-state index contributed by atoms with van der Waals surface area (Å²) in [5.74, 6) is 1.19. The van der Waals surface area contributed by atoms with Gasteiger partial charge in [-0.1, -0.05) is 54.2 Å². The smallest absolute Gasteiger partial charge is 0.277 e. The number of anilines is 2. The Morgan fingerprint density at radius 3 is 2.09 bits per heavy atom. The van der Waals surface area contributed by atoms with Crippen LogP contribution in [-0.4, -0.2) is 21.9 Å². The molecule has 4 rings (SSSR count). The zero-order valence-corrected chi connectivity index (χ0v) is 18.7.